The minimum atomic E-state index is -5.25. The van der Waals surface area contributed by atoms with Crippen molar-refractivity contribution in [2.24, 2.45) is 0 Å². The molecule has 0 aliphatic rings. The van der Waals surface area contributed by atoms with Crippen LogP contribution in [0.15, 0.2) is 54.6 Å². The van der Waals surface area contributed by atoms with Gasteiger partial charge in [-0.05, 0) is 0 Å². The van der Waals surface area contributed by atoms with Gasteiger partial charge in [0.05, 0.1) is 0 Å². The molecule has 0 heterocycles. The zero-order valence-corrected chi connectivity index (χ0v) is 25.8. The van der Waals surface area contributed by atoms with Gasteiger partial charge in [-0.15, -0.1) is 0 Å². The summed E-state index contributed by atoms with van der Waals surface area (Å²) in [4.78, 5) is 26.1. The van der Waals surface area contributed by atoms with Crippen LogP contribution in [0.1, 0.15) is 95.7 Å². The van der Waals surface area contributed by atoms with Gasteiger partial charge in [0.2, 0.25) is 0 Å². The number of hydrogen-bond acceptors (Lipinski definition) is 3. The van der Waals surface area contributed by atoms with Crippen molar-refractivity contribution in [3.63, 3.8) is 0 Å². The topological polar surface area (TPSA) is 49.7 Å². The van der Waals surface area contributed by atoms with E-state index in [0.717, 1.165) is 33.4 Å². The third-order valence-corrected chi connectivity index (χ3v) is 10.1. The van der Waals surface area contributed by atoms with Crippen molar-refractivity contribution in [3.05, 3.63) is 88.0 Å². The van der Waals surface area contributed by atoms with Gasteiger partial charge in [-0.1, -0.05) is 0 Å². The van der Waals surface area contributed by atoms with Gasteiger partial charge < -0.3 is 0 Å². The maximum atomic E-state index is 13.1. The monoisotopic (exact) mass is 522 g/mol. The van der Waals surface area contributed by atoms with E-state index in [-0.39, 0.29) is 16.2 Å². The van der Waals surface area contributed by atoms with Crippen LogP contribution in [0.2, 0.25) is 0 Å². The van der Waals surface area contributed by atoms with E-state index < -0.39 is 7.28 Å². The molecule has 0 atom stereocenters. The molecule has 37 heavy (non-hydrogen) atoms. The molecule has 0 unspecified atom stereocenters. The standard InChI is InChI=1S/C33H47O3P/c1-22-13-16-28(25(19-22)31(4,5)6)36-37(34,35,29-17-14-23(2)20-26(29)32(7,8)9)30-18-15-24(3)21-27(30)33(10,11)12/h13-21,34-35H,1-12H3. The summed E-state index contributed by atoms with van der Waals surface area (Å²) in [5.41, 5.74) is 4.99. The summed E-state index contributed by atoms with van der Waals surface area (Å²) in [5.74, 6) is 0.502. The molecular formula is C33H47O3P. The average molecular weight is 523 g/mol. The summed E-state index contributed by atoms with van der Waals surface area (Å²) in [6, 6.07) is 17.7. The van der Waals surface area contributed by atoms with Gasteiger partial charge in [-0.3, -0.25) is 0 Å². The number of aryl methyl sites for hydroxylation is 3. The number of rotatable bonds is 4. The summed E-state index contributed by atoms with van der Waals surface area (Å²) < 4.78 is 6.77. The molecule has 0 aliphatic heterocycles. The molecule has 4 heteroatoms. The maximum absolute atomic E-state index is 13.1. The molecule has 0 bridgehead atoms. The molecule has 3 aromatic carbocycles. The van der Waals surface area contributed by atoms with Crippen LogP contribution in [0.25, 0.3) is 0 Å². The van der Waals surface area contributed by atoms with Crippen molar-refractivity contribution in [1.82, 2.24) is 0 Å². The fourth-order valence-electron chi connectivity index (χ4n) is 4.93. The van der Waals surface area contributed by atoms with Gasteiger partial charge in [0.1, 0.15) is 0 Å². The van der Waals surface area contributed by atoms with Crippen molar-refractivity contribution in [2.75, 3.05) is 0 Å². The molecule has 3 rings (SSSR count). The predicted octanol–water partition coefficient (Wildman–Crippen LogP) is 7.82. The third-order valence-electron chi connectivity index (χ3n) is 7.00. The van der Waals surface area contributed by atoms with Gasteiger partial charge >= 0.3 is 225 Å². The Morgan fingerprint density at radius 3 is 1.19 bits per heavy atom. The van der Waals surface area contributed by atoms with Crippen molar-refractivity contribution < 1.29 is 14.3 Å². The Morgan fingerprint density at radius 1 is 0.514 bits per heavy atom. The second-order valence-electron chi connectivity index (χ2n) is 13.8. The average Bonchev–Trinajstić information content (AvgIpc) is 2.72. The van der Waals surface area contributed by atoms with Gasteiger partial charge in [0.15, 0.2) is 0 Å². The molecule has 0 fully saturated rings. The van der Waals surface area contributed by atoms with Crippen LogP contribution in [-0.4, -0.2) is 9.79 Å². The first kappa shape index (κ1) is 29.4. The Kier molecular flexibility index (Phi) is 7.32. The van der Waals surface area contributed by atoms with Crippen molar-refractivity contribution in [2.45, 2.75) is 99.3 Å². The predicted molar refractivity (Wildman–Crippen MR) is 161 cm³/mol. The Morgan fingerprint density at radius 2 is 0.838 bits per heavy atom. The van der Waals surface area contributed by atoms with Crippen LogP contribution in [0.4, 0.5) is 0 Å². The minimum absolute atomic E-state index is 0.258. The van der Waals surface area contributed by atoms with Crippen LogP contribution >= 0.6 is 7.28 Å². The van der Waals surface area contributed by atoms with E-state index in [1.54, 1.807) is 0 Å². The molecule has 0 radical (unpaired) electrons. The van der Waals surface area contributed by atoms with Gasteiger partial charge in [-0.25, -0.2) is 0 Å². The van der Waals surface area contributed by atoms with Gasteiger partial charge in [-0.2, -0.15) is 0 Å². The molecule has 3 nitrogen and oxygen atoms in total. The summed E-state index contributed by atoms with van der Waals surface area (Å²) in [7, 11) is -5.25. The summed E-state index contributed by atoms with van der Waals surface area (Å²) in [6.45, 7) is 25.1. The Balaban J connectivity index is 2.54. The van der Waals surface area contributed by atoms with Crippen LogP contribution < -0.4 is 15.1 Å². The Labute approximate surface area is 225 Å². The zero-order chi connectivity index (χ0) is 28.2. The normalized spacial score (nSPS) is 14.3. The van der Waals surface area contributed by atoms with E-state index in [1.807, 2.05) is 57.2 Å². The summed E-state index contributed by atoms with van der Waals surface area (Å²) >= 11 is 0. The fraction of sp³-hybridized carbons (Fsp3) is 0.455. The molecule has 0 aliphatic carbocycles. The molecule has 0 aromatic heterocycles. The van der Waals surface area contributed by atoms with E-state index in [9.17, 15) is 9.79 Å². The van der Waals surface area contributed by atoms with Crippen molar-refractivity contribution in [3.8, 4) is 5.75 Å². The number of hydrogen-bond donors (Lipinski definition) is 2. The third kappa shape index (κ3) is 5.80. The van der Waals surface area contributed by atoms with Gasteiger partial charge in [0, 0.05) is 0 Å². The SMILES string of the molecule is Cc1ccc(OP(O)(O)(c2ccc(C)cc2C(C)(C)C)c2ccc(C)cc2C(C)(C)C)c(C(C)(C)C)c1. The second-order valence-corrected chi connectivity index (χ2v) is 16.9. The van der Waals surface area contributed by atoms with Crippen LogP contribution in [0.5, 0.6) is 5.75 Å². The molecule has 0 saturated carbocycles. The van der Waals surface area contributed by atoms with E-state index >= 15 is 0 Å². The van der Waals surface area contributed by atoms with E-state index in [0.29, 0.717) is 16.4 Å². The fourth-order valence-corrected chi connectivity index (χ4v) is 8.27. The van der Waals surface area contributed by atoms with Gasteiger partial charge in [0.25, 0.3) is 0 Å². The Hall–Kier alpha value is -2.19. The quantitative estimate of drug-likeness (QED) is 0.344. The van der Waals surface area contributed by atoms with Crippen molar-refractivity contribution >= 4 is 17.9 Å². The Bertz CT molecular complexity index is 1250. The van der Waals surface area contributed by atoms with E-state index in [1.165, 1.54) is 0 Å². The van der Waals surface area contributed by atoms with E-state index in [2.05, 4.69) is 80.5 Å². The zero-order valence-electron chi connectivity index (χ0n) is 24.9. The van der Waals surface area contributed by atoms with Crippen LogP contribution in [0.3, 0.4) is 0 Å². The van der Waals surface area contributed by atoms with Crippen LogP contribution in [-0.2, 0) is 16.2 Å². The molecule has 0 spiro atoms. The molecule has 0 amide bonds. The molecule has 2 N–H and O–H groups in total. The number of benzene rings is 3. The van der Waals surface area contributed by atoms with E-state index in [4.69, 9.17) is 4.52 Å². The summed E-state index contributed by atoms with van der Waals surface area (Å²) in [5, 5.41) is 0.915. The first-order valence-corrected chi connectivity index (χ1v) is 15.3. The second kappa shape index (κ2) is 9.23. The summed E-state index contributed by atoms with van der Waals surface area (Å²) in [6.07, 6.45) is 0. The molecule has 202 valence electrons. The first-order chi connectivity index (χ1) is 16.6. The molecule has 3 aromatic rings. The molecular weight excluding hydrogens is 475 g/mol. The first-order valence-electron chi connectivity index (χ1n) is 13.2. The van der Waals surface area contributed by atoms with Crippen LogP contribution in [0, 0.1) is 20.8 Å². The van der Waals surface area contributed by atoms with Crippen molar-refractivity contribution in [1.29, 1.82) is 0 Å². The molecule has 0 saturated heterocycles.